The molecule has 3 rings (SSSR count). The predicted octanol–water partition coefficient (Wildman–Crippen LogP) is 4.02. The number of unbranched alkanes of at least 4 members (excludes halogenated alkanes) is 2. The zero-order chi connectivity index (χ0) is 22.2. The minimum absolute atomic E-state index is 0.102. The quantitative estimate of drug-likeness (QED) is 0.516. The van der Waals surface area contributed by atoms with Crippen molar-refractivity contribution in [3.63, 3.8) is 0 Å². The summed E-state index contributed by atoms with van der Waals surface area (Å²) in [5.74, 6) is -0.500. The molecule has 0 atom stereocenters. The third-order valence-electron chi connectivity index (χ3n) is 5.36. The molecule has 2 N–H and O–H groups in total. The standard InChI is InChI=1S/C25H29FN2O3/c1-3-5-15-28(16-6-4-2)17-22(29)27-25-23(18-11-13-19(26)14-12-18)24(30)20-9-7-8-10-21(20)31-25/h7-14H,3-6,15-17H2,1-2H3,(H,27,29)/p+1. The summed E-state index contributed by atoms with van der Waals surface area (Å²) in [7, 11) is 0. The van der Waals surface area contributed by atoms with Gasteiger partial charge in [0.15, 0.2) is 6.54 Å². The lowest BCUT2D eigenvalue weighted by molar-refractivity contribution is -0.892. The van der Waals surface area contributed by atoms with Crippen LogP contribution in [0.5, 0.6) is 0 Å². The molecule has 0 unspecified atom stereocenters. The molecule has 0 radical (unpaired) electrons. The highest BCUT2D eigenvalue weighted by atomic mass is 19.1. The van der Waals surface area contributed by atoms with Gasteiger partial charge in [-0.15, -0.1) is 0 Å². The Morgan fingerprint density at radius 2 is 1.65 bits per heavy atom. The summed E-state index contributed by atoms with van der Waals surface area (Å²) >= 11 is 0. The van der Waals surface area contributed by atoms with E-state index >= 15 is 0 Å². The van der Waals surface area contributed by atoms with Crippen LogP contribution in [0.4, 0.5) is 10.3 Å². The average Bonchev–Trinajstić information content (AvgIpc) is 2.77. The average molecular weight is 426 g/mol. The number of anilines is 1. The van der Waals surface area contributed by atoms with Gasteiger partial charge in [0.2, 0.25) is 11.3 Å². The van der Waals surface area contributed by atoms with Gasteiger partial charge < -0.3 is 9.32 Å². The number of benzene rings is 2. The molecule has 164 valence electrons. The Kier molecular flexibility index (Phi) is 7.95. The Labute approximate surface area is 181 Å². The molecule has 6 heteroatoms. The molecule has 1 amide bonds. The molecule has 3 aromatic rings. The van der Waals surface area contributed by atoms with Crippen LogP contribution in [0.3, 0.4) is 0 Å². The van der Waals surface area contributed by atoms with Crippen molar-refractivity contribution in [2.24, 2.45) is 0 Å². The SMILES string of the molecule is CCCC[NH+](CCCC)CC(=O)Nc1oc2ccccc2c(=O)c1-c1ccc(F)cc1. The predicted molar refractivity (Wildman–Crippen MR) is 122 cm³/mol. The lowest BCUT2D eigenvalue weighted by atomic mass is 10.0. The van der Waals surface area contributed by atoms with Crippen LogP contribution in [0, 0.1) is 5.82 Å². The minimum atomic E-state index is -0.398. The first-order valence-electron chi connectivity index (χ1n) is 11.0. The van der Waals surface area contributed by atoms with Crippen LogP contribution in [-0.2, 0) is 4.79 Å². The first kappa shape index (κ1) is 22.7. The Bertz CT molecular complexity index is 1070. The van der Waals surface area contributed by atoms with Gasteiger partial charge in [-0.05, 0) is 42.7 Å². The lowest BCUT2D eigenvalue weighted by Crippen LogP contribution is -3.13. The molecular weight excluding hydrogens is 395 g/mol. The molecule has 0 aliphatic carbocycles. The molecule has 31 heavy (non-hydrogen) atoms. The Morgan fingerprint density at radius 3 is 2.29 bits per heavy atom. The van der Waals surface area contributed by atoms with E-state index in [9.17, 15) is 14.0 Å². The number of amides is 1. The first-order valence-corrected chi connectivity index (χ1v) is 11.0. The fourth-order valence-corrected chi connectivity index (χ4v) is 3.66. The Hall–Kier alpha value is -2.99. The molecular formula is C25H30FN2O3+. The fraction of sp³-hybridized carbons (Fsp3) is 0.360. The largest absolute Gasteiger partial charge is 0.439 e. The number of halogens is 1. The third kappa shape index (κ3) is 5.79. The third-order valence-corrected chi connectivity index (χ3v) is 5.36. The van der Waals surface area contributed by atoms with E-state index in [1.165, 1.54) is 29.2 Å². The van der Waals surface area contributed by atoms with E-state index in [-0.39, 0.29) is 22.8 Å². The summed E-state index contributed by atoms with van der Waals surface area (Å²) in [6.45, 7) is 6.43. The van der Waals surface area contributed by atoms with Gasteiger partial charge in [0.25, 0.3) is 5.91 Å². The van der Waals surface area contributed by atoms with E-state index in [0.29, 0.717) is 23.1 Å². The highest BCUT2D eigenvalue weighted by molar-refractivity contribution is 5.96. The number of rotatable bonds is 10. The van der Waals surface area contributed by atoms with Gasteiger partial charge in [-0.3, -0.25) is 14.9 Å². The van der Waals surface area contributed by atoms with Gasteiger partial charge in [0.05, 0.1) is 24.0 Å². The molecule has 0 fully saturated rings. The summed E-state index contributed by atoms with van der Waals surface area (Å²) in [5.41, 5.74) is 0.868. The van der Waals surface area contributed by atoms with Crippen LogP contribution < -0.4 is 15.6 Å². The number of carbonyl (C=O) groups excluding carboxylic acids is 1. The summed E-state index contributed by atoms with van der Waals surface area (Å²) in [6.07, 6.45) is 4.26. The second-order valence-corrected chi connectivity index (χ2v) is 7.82. The summed E-state index contributed by atoms with van der Waals surface area (Å²) in [6, 6.07) is 12.5. The first-order chi connectivity index (χ1) is 15.0. The highest BCUT2D eigenvalue weighted by Gasteiger charge is 2.20. The smallest absolute Gasteiger partial charge is 0.281 e. The van der Waals surface area contributed by atoms with Crippen LogP contribution in [0.15, 0.2) is 57.7 Å². The highest BCUT2D eigenvalue weighted by Crippen LogP contribution is 2.28. The molecule has 1 aromatic heterocycles. The number of quaternary nitrogens is 1. The summed E-state index contributed by atoms with van der Waals surface area (Å²) < 4.78 is 19.4. The molecule has 0 saturated carbocycles. The molecule has 0 aliphatic rings. The maximum Gasteiger partial charge on any atom is 0.281 e. The number of para-hydroxylation sites is 1. The molecule has 5 nitrogen and oxygen atoms in total. The van der Waals surface area contributed by atoms with Crippen molar-refractivity contribution in [2.45, 2.75) is 39.5 Å². The summed E-state index contributed by atoms with van der Waals surface area (Å²) in [4.78, 5) is 27.3. The number of fused-ring (bicyclic) bond motifs is 1. The lowest BCUT2D eigenvalue weighted by Gasteiger charge is -2.19. The van der Waals surface area contributed by atoms with Crippen molar-refractivity contribution in [1.82, 2.24) is 0 Å². The molecule has 0 bridgehead atoms. The van der Waals surface area contributed by atoms with Crippen LogP contribution >= 0.6 is 0 Å². The monoisotopic (exact) mass is 425 g/mol. The van der Waals surface area contributed by atoms with Crippen molar-refractivity contribution in [3.05, 3.63) is 64.6 Å². The van der Waals surface area contributed by atoms with Crippen molar-refractivity contribution in [3.8, 4) is 11.1 Å². The van der Waals surface area contributed by atoms with Gasteiger partial charge in [-0.2, -0.15) is 0 Å². The van der Waals surface area contributed by atoms with Crippen LogP contribution in [0.1, 0.15) is 39.5 Å². The second-order valence-electron chi connectivity index (χ2n) is 7.82. The van der Waals surface area contributed by atoms with E-state index in [2.05, 4.69) is 19.2 Å². The zero-order valence-corrected chi connectivity index (χ0v) is 18.2. The van der Waals surface area contributed by atoms with Crippen molar-refractivity contribution in [2.75, 3.05) is 25.0 Å². The second kappa shape index (κ2) is 10.9. The van der Waals surface area contributed by atoms with E-state index in [4.69, 9.17) is 4.42 Å². The molecule has 0 spiro atoms. The van der Waals surface area contributed by atoms with Crippen LogP contribution in [0.25, 0.3) is 22.1 Å². The number of hydrogen-bond donors (Lipinski definition) is 2. The van der Waals surface area contributed by atoms with E-state index < -0.39 is 5.82 Å². The van der Waals surface area contributed by atoms with Crippen molar-refractivity contribution in [1.29, 1.82) is 0 Å². The van der Waals surface area contributed by atoms with Crippen molar-refractivity contribution < 1.29 is 18.5 Å². The van der Waals surface area contributed by atoms with Gasteiger partial charge in [0, 0.05) is 0 Å². The van der Waals surface area contributed by atoms with Gasteiger partial charge >= 0.3 is 0 Å². The number of hydrogen-bond acceptors (Lipinski definition) is 3. The van der Waals surface area contributed by atoms with Gasteiger partial charge in [0.1, 0.15) is 11.4 Å². The van der Waals surface area contributed by atoms with Gasteiger partial charge in [-0.1, -0.05) is 51.0 Å². The van der Waals surface area contributed by atoms with Crippen LogP contribution in [-0.4, -0.2) is 25.5 Å². The maximum absolute atomic E-state index is 13.4. The van der Waals surface area contributed by atoms with Crippen molar-refractivity contribution >= 4 is 22.8 Å². The van der Waals surface area contributed by atoms with E-state index in [1.807, 2.05) is 0 Å². The Balaban J connectivity index is 1.94. The fourth-order valence-electron chi connectivity index (χ4n) is 3.66. The van der Waals surface area contributed by atoms with E-state index in [0.717, 1.165) is 38.8 Å². The zero-order valence-electron chi connectivity index (χ0n) is 18.2. The van der Waals surface area contributed by atoms with Crippen LogP contribution in [0.2, 0.25) is 0 Å². The molecule has 2 aromatic carbocycles. The molecule has 1 heterocycles. The Morgan fingerprint density at radius 1 is 1.00 bits per heavy atom. The minimum Gasteiger partial charge on any atom is -0.439 e. The van der Waals surface area contributed by atoms with Gasteiger partial charge in [-0.25, -0.2) is 4.39 Å². The molecule has 0 saturated heterocycles. The van der Waals surface area contributed by atoms with E-state index in [1.54, 1.807) is 24.3 Å². The topological polar surface area (TPSA) is 63.8 Å². The normalized spacial score (nSPS) is 11.2. The number of nitrogens with one attached hydrogen (secondary N) is 2. The number of carbonyl (C=O) groups is 1. The maximum atomic E-state index is 13.4. The molecule has 0 aliphatic heterocycles. The summed E-state index contributed by atoms with van der Waals surface area (Å²) in [5, 5.41) is 3.23.